The maximum Gasteiger partial charge on any atom is 0.416 e. The molecule has 0 aliphatic carbocycles. The molecule has 2 aliphatic heterocycles. The highest BCUT2D eigenvalue weighted by Crippen LogP contribution is 2.42. The van der Waals surface area contributed by atoms with Crippen molar-refractivity contribution in [3.63, 3.8) is 0 Å². The van der Waals surface area contributed by atoms with Crippen molar-refractivity contribution >= 4 is 5.91 Å². The fraction of sp³-hybridized carbons (Fsp3) is 0.429. The molecular formula is C14H13F3N4O. The van der Waals surface area contributed by atoms with Crippen LogP contribution in [0.15, 0.2) is 24.3 Å². The first-order valence-corrected chi connectivity index (χ1v) is 6.70. The van der Waals surface area contributed by atoms with E-state index in [2.05, 4.69) is 6.07 Å². The number of alkyl halides is 3. The number of nitrogens with two attached hydrogens (primary N) is 1. The normalized spacial score (nSPS) is 31.2. The predicted molar refractivity (Wildman–Crippen MR) is 70.0 cm³/mol. The summed E-state index contributed by atoms with van der Waals surface area (Å²) in [5.41, 5.74) is 4.91. The molecular weight excluding hydrogens is 297 g/mol. The lowest BCUT2D eigenvalue weighted by atomic mass is 10.1. The van der Waals surface area contributed by atoms with Gasteiger partial charge in [-0.2, -0.15) is 18.4 Å². The summed E-state index contributed by atoms with van der Waals surface area (Å²) in [6.45, 7) is 0.865. The van der Waals surface area contributed by atoms with E-state index < -0.39 is 29.9 Å². The van der Waals surface area contributed by atoms with E-state index in [9.17, 15) is 18.0 Å². The van der Waals surface area contributed by atoms with Crippen LogP contribution in [0.25, 0.3) is 0 Å². The highest BCUT2D eigenvalue weighted by molar-refractivity contribution is 5.83. The number of halogens is 3. The minimum absolute atomic E-state index is 0.339. The summed E-state index contributed by atoms with van der Waals surface area (Å²) in [5.74, 6) is -0.507. The molecule has 1 aromatic carbocycles. The molecule has 5 nitrogen and oxygen atoms in total. The Hall–Kier alpha value is -2.11. The Balaban J connectivity index is 1.91. The second-order valence-corrected chi connectivity index (χ2v) is 5.45. The molecule has 5 unspecified atom stereocenters. The highest BCUT2D eigenvalue weighted by atomic mass is 19.4. The van der Waals surface area contributed by atoms with Crippen molar-refractivity contribution in [2.45, 2.75) is 24.4 Å². The molecule has 22 heavy (non-hydrogen) atoms. The van der Waals surface area contributed by atoms with Crippen LogP contribution in [0.5, 0.6) is 0 Å². The van der Waals surface area contributed by atoms with Gasteiger partial charge < -0.3 is 5.73 Å². The molecule has 0 bridgehead atoms. The minimum atomic E-state index is -4.43. The summed E-state index contributed by atoms with van der Waals surface area (Å²) in [5, 5.41) is 8.95. The molecule has 0 saturated carbocycles. The number of hydrogen-bond acceptors (Lipinski definition) is 4. The molecule has 2 fully saturated rings. The molecule has 1 aromatic rings. The molecule has 8 heteroatoms. The fourth-order valence-electron chi connectivity index (χ4n) is 2.66. The van der Waals surface area contributed by atoms with Gasteiger partial charge in [0.15, 0.2) is 0 Å². The summed E-state index contributed by atoms with van der Waals surface area (Å²) in [4.78, 5) is 14.7. The van der Waals surface area contributed by atoms with Gasteiger partial charge in [0.2, 0.25) is 5.91 Å². The average Bonchev–Trinajstić information content (AvgIpc) is 3.33. The Morgan fingerprint density at radius 2 is 2.09 bits per heavy atom. The van der Waals surface area contributed by atoms with E-state index in [-0.39, 0.29) is 6.04 Å². The minimum Gasteiger partial charge on any atom is -0.368 e. The van der Waals surface area contributed by atoms with Gasteiger partial charge >= 0.3 is 6.18 Å². The second kappa shape index (κ2) is 4.97. The van der Waals surface area contributed by atoms with E-state index in [1.807, 2.05) is 0 Å². The van der Waals surface area contributed by atoms with Crippen LogP contribution in [-0.4, -0.2) is 40.9 Å². The zero-order chi connectivity index (χ0) is 16.1. The van der Waals surface area contributed by atoms with Crippen molar-refractivity contribution in [1.29, 1.82) is 5.26 Å². The standard InChI is InChI=1S/C14H13F3N4O/c15-14(16,17)9-3-1-2-8(4-9)13(20-6-10(20)5-18)21-7-11(21)12(19)22/h1-4,10-11,13H,6-7H2,(H2,19,22). The van der Waals surface area contributed by atoms with Crippen LogP contribution in [0.1, 0.15) is 17.3 Å². The molecule has 1 amide bonds. The first kappa shape index (κ1) is 14.8. The van der Waals surface area contributed by atoms with E-state index in [0.29, 0.717) is 18.7 Å². The molecule has 116 valence electrons. The largest absolute Gasteiger partial charge is 0.416 e. The fourth-order valence-corrected chi connectivity index (χ4v) is 2.66. The smallest absolute Gasteiger partial charge is 0.368 e. The maximum absolute atomic E-state index is 12.9. The van der Waals surface area contributed by atoms with Crippen LogP contribution in [0, 0.1) is 11.3 Å². The molecule has 2 N–H and O–H groups in total. The predicted octanol–water partition coefficient (Wildman–Crippen LogP) is 1.08. The molecule has 0 radical (unpaired) electrons. The van der Waals surface area contributed by atoms with Gasteiger partial charge in [0.1, 0.15) is 12.1 Å². The highest BCUT2D eigenvalue weighted by Gasteiger charge is 2.52. The van der Waals surface area contributed by atoms with Crippen molar-refractivity contribution in [1.82, 2.24) is 9.80 Å². The third-order valence-electron chi connectivity index (χ3n) is 3.92. The first-order valence-electron chi connectivity index (χ1n) is 6.70. The Morgan fingerprint density at radius 3 is 2.59 bits per heavy atom. The van der Waals surface area contributed by atoms with Crippen LogP contribution in [0.4, 0.5) is 13.2 Å². The van der Waals surface area contributed by atoms with E-state index >= 15 is 0 Å². The number of nitriles is 1. The topological polar surface area (TPSA) is 72.9 Å². The Kier molecular flexibility index (Phi) is 3.34. The average molecular weight is 310 g/mol. The summed E-state index contributed by atoms with van der Waals surface area (Å²) < 4.78 is 38.6. The van der Waals surface area contributed by atoms with Crippen LogP contribution in [0.2, 0.25) is 0 Å². The van der Waals surface area contributed by atoms with Crippen molar-refractivity contribution in [3.05, 3.63) is 35.4 Å². The Morgan fingerprint density at radius 1 is 1.36 bits per heavy atom. The van der Waals surface area contributed by atoms with Crippen molar-refractivity contribution in [2.75, 3.05) is 13.1 Å². The lowest BCUT2D eigenvalue weighted by Gasteiger charge is -2.22. The summed E-state index contributed by atoms with van der Waals surface area (Å²) in [6, 6.07) is 6.21. The van der Waals surface area contributed by atoms with Crippen molar-refractivity contribution < 1.29 is 18.0 Å². The monoisotopic (exact) mass is 310 g/mol. The number of rotatable bonds is 4. The van der Waals surface area contributed by atoms with Crippen molar-refractivity contribution in [3.8, 4) is 6.07 Å². The van der Waals surface area contributed by atoms with Gasteiger partial charge in [0.25, 0.3) is 0 Å². The number of amides is 1. The lowest BCUT2D eigenvalue weighted by Crippen LogP contribution is -2.28. The number of benzene rings is 1. The number of carbonyl (C=O) groups is 1. The number of primary amides is 1. The van der Waals surface area contributed by atoms with Crippen LogP contribution >= 0.6 is 0 Å². The van der Waals surface area contributed by atoms with E-state index in [0.717, 1.165) is 12.1 Å². The molecule has 0 spiro atoms. The quantitative estimate of drug-likeness (QED) is 0.845. The SMILES string of the molecule is N#CC1CN1C(c1cccc(C(F)(F)F)c1)N1CC1C(N)=O. The molecule has 2 aliphatic rings. The van der Waals surface area contributed by atoms with E-state index in [1.54, 1.807) is 15.9 Å². The van der Waals surface area contributed by atoms with Gasteiger partial charge in [-0.05, 0) is 17.7 Å². The van der Waals surface area contributed by atoms with Gasteiger partial charge in [-0.1, -0.05) is 12.1 Å². The second-order valence-electron chi connectivity index (χ2n) is 5.45. The van der Waals surface area contributed by atoms with Crippen LogP contribution in [0.3, 0.4) is 0 Å². The van der Waals surface area contributed by atoms with Gasteiger partial charge in [-0.15, -0.1) is 0 Å². The number of carbonyl (C=O) groups excluding carboxylic acids is 1. The summed E-state index contributed by atoms with van der Waals surface area (Å²) in [6.07, 6.45) is -4.96. The van der Waals surface area contributed by atoms with Crippen LogP contribution in [-0.2, 0) is 11.0 Å². The number of hydrogen-bond donors (Lipinski definition) is 1. The zero-order valence-corrected chi connectivity index (χ0v) is 11.4. The van der Waals surface area contributed by atoms with E-state index in [1.165, 1.54) is 6.07 Å². The lowest BCUT2D eigenvalue weighted by molar-refractivity contribution is -0.137. The van der Waals surface area contributed by atoms with Gasteiger partial charge in [-0.3, -0.25) is 14.6 Å². The summed E-state index contributed by atoms with van der Waals surface area (Å²) >= 11 is 0. The molecule has 3 rings (SSSR count). The third kappa shape index (κ3) is 2.65. The van der Waals surface area contributed by atoms with Gasteiger partial charge in [-0.25, -0.2) is 0 Å². The van der Waals surface area contributed by atoms with Crippen LogP contribution < -0.4 is 5.73 Å². The molecule has 0 aromatic heterocycles. The molecule has 2 saturated heterocycles. The van der Waals surface area contributed by atoms with Gasteiger partial charge in [0, 0.05) is 13.1 Å². The van der Waals surface area contributed by atoms with Crippen molar-refractivity contribution in [2.24, 2.45) is 5.73 Å². The maximum atomic E-state index is 12.9. The third-order valence-corrected chi connectivity index (χ3v) is 3.92. The van der Waals surface area contributed by atoms with E-state index in [4.69, 9.17) is 11.0 Å². The Bertz CT molecular complexity index is 654. The molecule has 5 atom stereocenters. The Labute approximate surface area is 124 Å². The first-order chi connectivity index (χ1) is 10.3. The zero-order valence-electron chi connectivity index (χ0n) is 11.4. The molecule has 2 heterocycles. The van der Waals surface area contributed by atoms with Gasteiger partial charge in [0.05, 0.1) is 17.8 Å². The number of nitrogens with zero attached hydrogens (tertiary/aromatic N) is 3. The summed E-state index contributed by atoms with van der Waals surface area (Å²) in [7, 11) is 0.